The highest BCUT2D eigenvalue weighted by atomic mass is 79.9. The van der Waals surface area contributed by atoms with Crippen LogP contribution >= 0.6 is 27.5 Å². The van der Waals surface area contributed by atoms with E-state index in [0.717, 1.165) is 10.0 Å². The summed E-state index contributed by atoms with van der Waals surface area (Å²) in [5.41, 5.74) is 11.4. The fraction of sp³-hybridized carbons (Fsp3) is 0.222. The minimum absolute atomic E-state index is 0.363. The number of nitrogens with two attached hydrogens (primary N) is 2. The second-order valence-electron chi connectivity index (χ2n) is 2.95. The SMILES string of the molecule is NC(=O)C(N)Cc1ccc(Br)cc1Cl. The summed E-state index contributed by atoms with van der Waals surface area (Å²) < 4.78 is 0.888. The first-order valence-corrected chi connectivity index (χ1v) is 5.16. The third kappa shape index (κ3) is 2.97. The Morgan fingerprint density at radius 3 is 2.71 bits per heavy atom. The number of benzene rings is 1. The van der Waals surface area contributed by atoms with Crippen molar-refractivity contribution in [3.05, 3.63) is 33.3 Å². The fourth-order valence-corrected chi connectivity index (χ4v) is 1.78. The molecule has 0 aliphatic heterocycles. The Bertz CT molecular complexity index is 357. The predicted octanol–water partition coefficient (Wildman–Crippen LogP) is 1.46. The van der Waals surface area contributed by atoms with E-state index in [0.29, 0.717) is 11.4 Å². The number of hydrogen-bond acceptors (Lipinski definition) is 2. The maximum atomic E-state index is 10.7. The van der Waals surface area contributed by atoms with Crippen molar-refractivity contribution in [2.45, 2.75) is 12.5 Å². The Morgan fingerprint density at radius 2 is 2.21 bits per heavy atom. The van der Waals surface area contributed by atoms with Crippen molar-refractivity contribution in [2.75, 3.05) is 0 Å². The zero-order chi connectivity index (χ0) is 10.7. The lowest BCUT2D eigenvalue weighted by Crippen LogP contribution is -2.38. The van der Waals surface area contributed by atoms with Gasteiger partial charge in [-0.3, -0.25) is 4.79 Å². The topological polar surface area (TPSA) is 69.1 Å². The van der Waals surface area contributed by atoms with Crippen LogP contribution in [-0.2, 0) is 11.2 Å². The number of hydrogen-bond donors (Lipinski definition) is 2. The molecule has 0 aromatic heterocycles. The molecular weight excluding hydrogens is 267 g/mol. The monoisotopic (exact) mass is 276 g/mol. The van der Waals surface area contributed by atoms with Gasteiger partial charge in [0.15, 0.2) is 0 Å². The average molecular weight is 278 g/mol. The third-order valence-electron chi connectivity index (χ3n) is 1.82. The average Bonchev–Trinajstić information content (AvgIpc) is 2.09. The first kappa shape index (κ1) is 11.5. The molecule has 76 valence electrons. The van der Waals surface area contributed by atoms with Gasteiger partial charge in [0, 0.05) is 9.50 Å². The molecule has 0 radical (unpaired) electrons. The second kappa shape index (κ2) is 4.77. The number of amides is 1. The molecule has 0 fully saturated rings. The van der Waals surface area contributed by atoms with Gasteiger partial charge in [-0.1, -0.05) is 33.6 Å². The molecule has 0 aliphatic carbocycles. The van der Waals surface area contributed by atoms with E-state index in [1.54, 1.807) is 6.07 Å². The maximum absolute atomic E-state index is 10.7. The number of carbonyl (C=O) groups excluding carboxylic acids is 1. The fourth-order valence-electron chi connectivity index (χ4n) is 1.02. The van der Waals surface area contributed by atoms with Gasteiger partial charge < -0.3 is 11.5 Å². The third-order valence-corrected chi connectivity index (χ3v) is 2.67. The summed E-state index contributed by atoms with van der Waals surface area (Å²) in [6.45, 7) is 0. The van der Waals surface area contributed by atoms with Crippen LogP contribution in [0.5, 0.6) is 0 Å². The van der Waals surface area contributed by atoms with Crippen molar-refractivity contribution in [3.8, 4) is 0 Å². The van der Waals surface area contributed by atoms with Crippen molar-refractivity contribution < 1.29 is 4.79 Å². The van der Waals surface area contributed by atoms with E-state index >= 15 is 0 Å². The van der Waals surface area contributed by atoms with Crippen LogP contribution in [0.2, 0.25) is 5.02 Å². The van der Waals surface area contributed by atoms with Gasteiger partial charge in [-0.05, 0) is 24.1 Å². The Hall–Kier alpha value is -0.580. The lowest BCUT2D eigenvalue weighted by atomic mass is 10.1. The van der Waals surface area contributed by atoms with E-state index in [4.69, 9.17) is 23.1 Å². The predicted molar refractivity (Wildman–Crippen MR) is 60.0 cm³/mol. The first-order chi connectivity index (χ1) is 6.50. The summed E-state index contributed by atoms with van der Waals surface area (Å²) in [4.78, 5) is 10.7. The van der Waals surface area contributed by atoms with Crippen LogP contribution in [0.15, 0.2) is 22.7 Å². The van der Waals surface area contributed by atoms with Gasteiger partial charge in [-0.2, -0.15) is 0 Å². The molecule has 1 aromatic carbocycles. The van der Waals surface area contributed by atoms with Crippen molar-refractivity contribution in [2.24, 2.45) is 11.5 Å². The van der Waals surface area contributed by atoms with E-state index in [1.165, 1.54) is 0 Å². The number of carbonyl (C=O) groups is 1. The molecule has 4 N–H and O–H groups in total. The maximum Gasteiger partial charge on any atom is 0.234 e. The summed E-state index contributed by atoms with van der Waals surface area (Å²) >= 11 is 9.22. The van der Waals surface area contributed by atoms with Crippen molar-refractivity contribution in [3.63, 3.8) is 0 Å². The molecule has 0 spiro atoms. The van der Waals surface area contributed by atoms with Crippen molar-refractivity contribution in [1.29, 1.82) is 0 Å². The molecule has 1 unspecified atom stereocenters. The zero-order valence-corrected chi connectivity index (χ0v) is 9.68. The highest BCUT2D eigenvalue weighted by molar-refractivity contribution is 9.10. The number of primary amides is 1. The lowest BCUT2D eigenvalue weighted by molar-refractivity contribution is -0.119. The summed E-state index contributed by atoms with van der Waals surface area (Å²) in [5, 5.41) is 0.580. The van der Waals surface area contributed by atoms with Crippen LogP contribution in [0.3, 0.4) is 0 Å². The summed E-state index contributed by atoms with van der Waals surface area (Å²) in [5.74, 6) is -0.524. The molecule has 1 atom stereocenters. The van der Waals surface area contributed by atoms with Crippen LogP contribution in [0.4, 0.5) is 0 Å². The lowest BCUT2D eigenvalue weighted by Gasteiger charge is -2.08. The highest BCUT2D eigenvalue weighted by Crippen LogP contribution is 2.22. The molecule has 3 nitrogen and oxygen atoms in total. The van der Waals surface area contributed by atoms with Gasteiger partial charge in [-0.25, -0.2) is 0 Å². The van der Waals surface area contributed by atoms with Crippen LogP contribution in [0, 0.1) is 0 Å². The normalized spacial score (nSPS) is 12.5. The Balaban J connectivity index is 2.82. The standard InChI is InChI=1S/C9H10BrClN2O/c10-6-2-1-5(7(11)4-6)3-8(12)9(13)14/h1-2,4,8H,3,12H2,(H2,13,14). The van der Waals surface area contributed by atoms with Crippen molar-refractivity contribution in [1.82, 2.24) is 0 Å². The van der Waals surface area contributed by atoms with Gasteiger partial charge in [0.2, 0.25) is 5.91 Å². The molecule has 0 saturated heterocycles. The summed E-state index contributed by atoms with van der Waals surface area (Å²) in [6, 6.07) is 4.73. The van der Waals surface area contributed by atoms with Crippen LogP contribution in [0.25, 0.3) is 0 Å². The summed E-state index contributed by atoms with van der Waals surface area (Å²) in [7, 11) is 0. The van der Waals surface area contributed by atoms with Gasteiger partial charge in [-0.15, -0.1) is 0 Å². The van der Waals surface area contributed by atoms with E-state index < -0.39 is 11.9 Å². The molecule has 0 aliphatic rings. The number of halogens is 2. The van der Waals surface area contributed by atoms with E-state index in [1.807, 2.05) is 12.1 Å². The molecule has 1 amide bonds. The zero-order valence-electron chi connectivity index (χ0n) is 7.34. The van der Waals surface area contributed by atoms with Gasteiger partial charge in [0.1, 0.15) is 0 Å². The Labute approximate surface area is 95.5 Å². The molecule has 0 saturated carbocycles. The minimum atomic E-state index is -0.686. The smallest absolute Gasteiger partial charge is 0.234 e. The van der Waals surface area contributed by atoms with Gasteiger partial charge >= 0.3 is 0 Å². The van der Waals surface area contributed by atoms with Crippen LogP contribution in [-0.4, -0.2) is 11.9 Å². The molecule has 0 heterocycles. The Kier molecular flexibility index (Phi) is 3.92. The second-order valence-corrected chi connectivity index (χ2v) is 4.27. The number of rotatable bonds is 3. The van der Waals surface area contributed by atoms with E-state index in [-0.39, 0.29) is 0 Å². The first-order valence-electron chi connectivity index (χ1n) is 3.99. The molecular formula is C9H10BrClN2O. The minimum Gasteiger partial charge on any atom is -0.368 e. The molecule has 1 rings (SSSR count). The summed E-state index contributed by atoms with van der Waals surface area (Å²) in [6.07, 6.45) is 0.363. The van der Waals surface area contributed by atoms with Crippen LogP contribution in [0.1, 0.15) is 5.56 Å². The largest absolute Gasteiger partial charge is 0.368 e. The molecule has 1 aromatic rings. The van der Waals surface area contributed by atoms with E-state index in [2.05, 4.69) is 15.9 Å². The van der Waals surface area contributed by atoms with Gasteiger partial charge in [0.05, 0.1) is 6.04 Å². The molecule has 0 bridgehead atoms. The van der Waals surface area contributed by atoms with E-state index in [9.17, 15) is 4.79 Å². The van der Waals surface area contributed by atoms with Crippen molar-refractivity contribution >= 4 is 33.4 Å². The van der Waals surface area contributed by atoms with Crippen LogP contribution < -0.4 is 11.5 Å². The molecule has 5 heteroatoms. The quantitative estimate of drug-likeness (QED) is 0.878. The van der Waals surface area contributed by atoms with Gasteiger partial charge in [0.25, 0.3) is 0 Å². The Morgan fingerprint density at radius 1 is 1.57 bits per heavy atom. The highest BCUT2D eigenvalue weighted by Gasteiger charge is 2.12. The molecule has 14 heavy (non-hydrogen) atoms.